The van der Waals surface area contributed by atoms with Crippen molar-refractivity contribution in [2.24, 2.45) is 5.92 Å². The Morgan fingerprint density at radius 2 is 2.14 bits per heavy atom. The zero-order valence-electron chi connectivity index (χ0n) is 7.98. The molecular formula is C9H15NO4. The number of aliphatic hydroxyl groups excluding tert-OH is 1. The molecule has 1 amide bonds. The lowest BCUT2D eigenvalue weighted by Gasteiger charge is -2.14. The predicted octanol–water partition coefficient (Wildman–Crippen LogP) is -0.308. The predicted molar refractivity (Wildman–Crippen MR) is 48.6 cm³/mol. The van der Waals surface area contributed by atoms with Gasteiger partial charge in [-0.1, -0.05) is 0 Å². The van der Waals surface area contributed by atoms with E-state index in [4.69, 9.17) is 10.2 Å². The van der Waals surface area contributed by atoms with Gasteiger partial charge in [0.15, 0.2) is 0 Å². The molecule has 0 saturated carbocycles. The van der Waals surface area contributed by atoms with Crippen LogP contribution in [0.1, 0.15) is 19.3 Å². The highest BCUT2D eigenvalue weighted by atomic mass is 16.4. The molecule has 0 bridgehead atoms. The van der Waals surface area contributed by atoms with Crippen LogP contribution in [0.5, 0.6) is 0 Å². The van der Waals surface area contributed by atoms with Gasteiger partial charge in [-0.05, 0) is 18.8 Å². The lowest BCUT2D eigenvalue weighted by atomic mass is 10.1. The molecule has 80 valence electrons. The van der Waals surface area contributed by atoms with Crippen molar-refractivity contribution in [2.45, 2.75) is 19.3 Å². The highest BCUT2D eigenvalue weighted by Gasteiger charge is 2.26. The van der Waals surface area contributed by atoms with Crippen molar-refractivity contribution in [1.29, 1.82) is 0 Å². The summed E-state index contributed by atoms with van der Waals surface area (Å²) in [5, 5.41) is 17.1. The largest absolute Gasteiger partial charge is 0.481 e. The second-order valence-electron chi connectivity index (χ2n) is 3.58. The van der Waals surface area contributed by atoms with Gasteiger partial charge in [0, 0.05) is 19.7 Å². The molecule has 1 fully saturated rings. The molecule has 14 heavy (non-hydrogen) atoms. The van der Waals surface area contributed by atoms with Gasteiger partial charge in [0.25, 0.3) is 0 Å². The Morgan fingerprint density at radius 3 is 2.71 bits per heavy atom. The summed E-state index contributed by atoms with van der Waals surface area (Å²) >= 11 is 0. The van der Waals surface area contributed by atoms with E-state index in [1.807, 2.05) is 0 Å². The topological polar surface area (TPSA) is 77.8 Å². The summed E-state index contributed by atoms with van der Waals surface area (Å²) in [5.41, 5.74) is 0. The summed E-state index contributed by atoms with van der Waals surface area (Å²) in [4.78, 5) is 23.1. The second-order valence-corrected chi connectivity index (χ2v) is 3.58. The molecule has 5 heteroatoms. The number of nitrogens with zero attached hydrogens (tertiary/aromatic N) is 1. The molecule has 1 aliphatic rings. The number of aliphatic carboxylic acids is 1. The Kier molecular flexibility index (Phi) is 3.88. The Bertz CT molecular complexity index is 229. The first kappa shape index (κ1) is 11.0. The van der Waals surface area contributed by atoms with Crippen LogP contribution in [-0.4, -0.2) is 46.7 Å². The highest BCUT2D eigenvalue weighted by Crippen LogP contribution is 2.19. The lowest BCUT2D eigenvalue weighted by Crippen LogP contribution is -2.30. The van der Waals surface area contributed by atoms with Crippen molar-refractivity contribution in [1.82, 2.24) is 4.90 Å². The van der Waals surface area contributed by atoms with Crippen molar-refractivity contribution in [3.8, 4) is 0 Å². The fourth-order valence-corrected chi connectivity index (χ4v) is 1.72. The van der Waals surface area contributed by atoms with E-state index in [1.54, 1.807) is 4.90 Å². The molecule has 0 spiro atoms. The van der Waals surface area contributed by atoms with Crippen LogP contribution in [0.2, 0.25) is 0 Å². The van der Waals surface area contributed by atoms with Crippen LogP contribution in [0.4, 0.5) is 0 Å². The Hall–Kier alpha value is -1.10. The summed E-state index contributed by atoms with van der Waals surface area (Å²) in [6, 6.07) is 0. The zero-order valence-corrected chi connectivity index (χ0v) is 7.98. The Labute approximate surface area is 82.3 Å². The van der Waals surface area contributed by atoms with Gasteiger partial charge in [-0.2, -0.15) is 0 Å². The molecule has 2 N–H and O–H groups in total. The van der Waals surface area contributed by atoms with Crippen molar-refractivity contribution in [3.63, 3.8) is 0 Å². The number of hydrogen-bond donors (Lipinski definition) is 2. The maximum atomic E-state index is 11.3. The van der Waals surface area contributed by atoms with Crippen LogP contribution in [0.15, 0.2) is 0 Å². The van der Waals surface area contributed by atoms with Crippen molar-refractivity contribution in [3.05, 3.63) is 0 Å². The van der Waals surface area contributed by atoms with Gasteiger partial charge in [0.05, 0.1) is 0 Å². The van der Waals surface area contributed by atoms with E-state index in [2.05, 4.69) is 0 Å². The van der Waals surface area contributed by atoms with Gasteiger partial charge in [-0.25, -0.2) is 0 Å². The minimum atomic E-state index is -1.08. The SMILES string of the molecule is O=C(O)CC(=O)N1CCC(CCO)C1. The van der Waals surface area contributed by atoms with E-state index in [0.717, 1.165) is 6.42 Å². The number of likely N-dealkylation sites (tertiary alicyclic amines) is 1. The molecule has 1 unspecified atom stereocenters. The normalized spacial score (nSPS) is 21.2. The number of carbonyl (C=O) groups is 2. The molecule has 0 aliphatic carbocycles. The van der Waals surface area contributed by atoms with Gasteiger partial charge in [0.1, 0.15) is 6.42 Å². The molecule has 0 aromatic heterocycles. The molecule has 5 nitrogen and oxygen atoms in total. The number of carboxylic acids is 1. The molecule has 1 heterocycles. The van der Waals surface area contributed by atoms with Gasteiger partial charge in [-0.15, -0.1) is 0 Å². The minimum absolute atomic E-state index is 0.131. The van der Waals surface area contributed by atoms with Gasteiger partial charge >= 0.3 is 5.97 Å². The number of amides is 1. The van der Waals surface area contributed by atoms with Gasteiger partial charge < -0.3 is 15.1 Å². The summed E-state index contributed by atoms with van der Waals surface area (Å²) in [5.74, 6) is -1.07. The van der Waals surface area contributed by atoms with E-state index in [9.17, 15) is 9.59 Å². The smallest absolute Gasteiger partial charge is 0.312 e. The third-order valence-electron chi connectivity index (χ3n) is 2.48. The number of aliphatic hydroxyl groups is 1. The van der Waals surface area contributed by atoms with Crippen LogP contribution in [0.3, 0.4) is 0 Å². The Morgan fingerprint density at radius 1 is 1.43 bits per heavy atom. The van der Waals surface area contributed by atoms with Crippen LogP contribution >= 0.6 is 0 Å². The second kappa shape index (κ2) is 4.95. The monoisotopic (exact) mass is 201 g/mol. The van der Waals surface area contributed by atoms with E-state index in [-0.39, 0.29) is 12.5 Å². The summed E-state index contributed by atoms with van der Waals surface area (Å²) in [6.45, 7) is 1.34. The van der Waals surface area contributed by atoms with E-state index in [0.29, 0.717) is 25.4 Å². The maximum absolute atomic E-state index is 11.3. The van der Waals surface area contributed by atoms with Crippen LogP contribution < -0.4 is 0 Å². The lowest BCUT2D eigenvalue weighted by molar-refractivity contribution is -0.143. The zero-order chi connectivity index (χ0) is 10.6. The Balaban J connectivity index is 2.34. The summed E-state index contributed by atoms with van der Waals surface area (Å²) in [7, 11) is 0. The third kappa shape index (κ3) is 2.99. The van der Waals surface area contributed by atoms with Gasteiger partial charge in [0.2, 0.25) is 5.91 Å². The molecule has 0 aromatic rings. The van der Waals surface area contributed by atoms with Crippen LogP contribution in [0.25, 0.3) is 0 Å². The summed E-state index contributed by atoms with van der Waals surface area (Å²) < 4.78 is 0. The molecule has 1 saturated heterocycles. The maximum Gasteiger partial charge on any atom is 0.312 e. The minimum Gasteiger partial charge on any atom is -0.481 e. The van der Waals surface area contributed by atoms with Crippen molar-refractivity contribution < 1.29 is 19.8 Å². The highest BCUT2D eigenvalue weighted by molar-refractivity contribution is 5.93. The first-order chi connectivity index (χ1) is 6.63. The van der Waals surface area contributed by atoms with Crippen molar-refractivity contribution >= 4 is 11.9 Å². The van der Waals surface area contributed by atoms with Crippen LogP contribution in [0, 0.1) is 5.92 Å². The first-order valence-corrected chi connectivity index (χ1v) is 4.74. The number of carboxylic acid groups (broad SMARTS) is 1. The molecule has 1 rings (SSSR count). The third-order valence-corrected chi connectivity index (χ3v) is 2.48. The van der Waals surface area contributed by atoms with Crippen LogP contribution in [-0.2, 0) is 9.59 Å². The van der Waals surface area contributed by atoms with E-state index < -0.39 is 12.4 Å². The van der Waals surface area contributed by atoms with Crippen molar-refractivity contribution in [2.75, 3.05) is 19.7 Å². The molecule has 0 radical (unpaired) electrons. The molecule has 1 aliphatic heterocycles. The number of rotatable bonds is 4. The van der Waals surface area contributed by atoms with E-state index >= 15 is 0 Å². The standard InChI is InChI=1S/C9H15NO4/c11-4-2-7-1-3-10(6-7)8(12)5-9(13)14/h7,11H,1-6H2,(H,13,14). The van der Waals surface area contributed by atoms with E-state index in [1.165, 1.54) is 0 Å². The summed E-state index contributed by atoms with van der Waals surface area (Å²) in [6.07, 6.45) is 1.13. The molecule has 1 atom stereocenters. The average Bonchev–Trinajstić information content (AvgIpc) is 2.52. The fraction of sp³-hybridized carbons (Fsp3) is 0.778. The number of carbonyl (C=O) groups excluding carboxylic acids is 1. The molecule has 0 aromatic carbocycles. The van der Waals surface area contributed by atoms with Gasteiger partial charge in [-0.3, -0.25) is 9.59 Å². The number of hydrogen-bond acceptors (Lipinski definition) is 3. The first-order valence-electron chi connectivity index (χ1n) is 4.74. The fourth-order valence-electron chi connectivity index (χ4n) is 1.72. The molecular weight excluding hydrogens is 186 g/mol. The average molecular weight is 201 g/mol. The quantitative estimate of drug-likeness (QED) is 0.612.